The van der Waals surface area contributed by atoms with Gasteiger partial charge in [-0.2, -0.15) is 0 Å². The van der Waals surface area contributed by atoms with Crippen molar-refractivity contribution in [2.24, 2.45) is 0 Å². The third kappa shape index (κ3) is 6.81. The van der Waals surface area contributed by atoms with Crippen molar-refractivity contribution in [3.05, 3.63) is 47.2 Å². The average molecular weight is 408 g/mol. The second-order valence-electron chi connectivity index (χ2n) is 5.73. The zero-order valence-corrected chi connectivity index (χ0v) is 16.5. The van der Waals surface area contributed by atoms with Gasteiger partial charge in [0.05, 0.1) is 24.8 Å². The van der Waals surface area contributed by atoms with Crippen molar-refractivity contribution in [2.45, 2.75) is 13.0 Å². The molecule has 25 heavy (non-hydrogen) atoms. The minimum atomic E-state index is 0. The summed E-state index contributed by atoms with van der Waals surface area (Å²) in [6, 6.07) is 11.7. The van der Waals surface area contributed by atoms with Gasteiger partial charge in [0.2, 0.25) is 0 Å². The molecule has 0 spiro atoms. The summed E-state index contributed by atoms with van der Waals surface area (Å²) in [7, 11) is 0. The standard InChI is InChI=1S/C18H23ClN2O2.2ClH/c19-17-5-2-1-4-16(17)18-7-6-15(23-18)14-20-8-3-9-21-10-12-22-13-11-21;;/h1-2,4-7,20H,3,8-14H2;2*1H. The zero-order valence-electron chi connectivity index (χ0n) is 14.1. The molecule has 1 saturated heterocycles. The summed E-state index contributed by atoms with van der Waals surface area (Å²) in [6.45, 7) is 6.69. The number of morpholine rings is 1. The molecular formula is C18H25Cl3N2O2. The van der Waals surface area contributed by atoms with Gasteiger partial charge in [0.15, 0.2) is 0 Å². The molecule has 2 aromatic rings. The summed E-state index contributed by atoms with van der Waals surface area (Å²) in [5.74, 6) is 1.76. The summed E-state index contributed by atoms with van der Waals surface area (Å²) in [4.78, 5) is 2.45. The average Bonchev–Trinajstić information content (AvgIpc) is 3.04. The van der Waals surface area contributed by atoms with E-state index in [4.69, 9.17) is 20.8 Å². The van der Waals surface area contributed by atoms with E-state index in [9.17, 15) is 0 Å². The molecule has 1 aromatic carbocycles. The Labute approximate surface area is 166 Å². The van der Waals surface area contributed by atoms with Gasteiger partial charge in [0, 0.05) is 18.7 Å². The van der Waals surface area contributed by atoms with E-state index in [1.807, 2.05) is 36.4 Å². The highest BCUT2D eigenvalue weighted by molar-refractivity contribution is 6.33. The van der Waals surface area contributed by atoms with Crippen LogP contribution < -0.4 is 5.32 Å². The van der Waals surface area contributed by atoms with Gasteiger partial charge < -0.3 is 14.5 Å². The molecule has 1 aliphatic rings. The van der Waals surface area contributed by atoms with Crippen LogP contribution >= 0.6 is 36.4 Å². The molecule has 0 aliphatic carbocycles. The van der Waals surface area contributed by atoms with Gasteiger partial charge in [-0.25, -0.2) is 0 Å². The molecule has 7 heteroatoms. The number of hydrogen-bond acceptors (Lipinski definition) is 4. The van der Waals surface area contributed by atoms with Crippen molar-refractivity contribution in [1.82, 2.24) is 10.2 Å². The van der Waals surface area contributed by atoms with E-state index in [1.165, 1.54) is 0 Å². The quantitative estimate of drug-likeness (QED) is 0.696. The molecule has 2 heterocycles. The number of nitrogens with zero attached hydrogens (tertiary/aromatic N) is 1. The minimum Gasteiger partial charge on any atom is -0.460 e. The third-order valence-electron chi connectivity index (χ3n) is 4.03. The molecule has 1 N–H and O–H groups in total. The molecule has 1 fully saturated rings. The first-order chi connectivity index (χ1) is 11.3. The highest BCUT2D eigenvalue weighted by atomic mass is 35.5. The SMILES string of the molecule is Cl.Cl.Clc1ccccc1-c1ccc(CNCCCN2CCOCC2)o1. The molecule has 1 aromatic heterocycles. The Morgan fingerprint density at radius 2 is 1.80 bits per heavy atom. The molecule has 0 amide bonds. The summed E-state index contributed by atoms with van der Waals surface area (Å²) in [5, 5.41) is 4.15. The van der Waals surface area contributed by atoms with Crippen LogP contribution in [0.25, 0.3) is 11.3 Å². The van der Waals surface area contributed by atoms with Crippen molar-refractivity contribution in [1.29, 1.82) is 0 Å². The zero-order chi connectivity index (χ0) is 15.9. The molecule has 1 aliphatic heterocycles. The van der Waals surface area contributed by atoms with Crippen molar-refractivity contribution >= 4 is 36.4 Å². The Bertz CT molecular complexity index is 616. The Balaban J connectivity index is 0.00000156. The fourth-order valence-electron chi connectivity index (χ4n) is 2.74. The summed E-state index contributed by atoms with van der Waals surface area (Å²) >= 11 is 6.20. The molecule has 4 nitrogen and oxygen atoms in total. The lowest BCUT2D eigenvalue weighted by atomic mass is 10.2. The van der Waals surface area contributed by atoms with Gasteiger partial charge in [0.1, 0.15) is 11.5 Å². The first-order valence-electron chi connectivity index (χ1n) is 8.17. The maximum atomic E-state index is 6.20. The van der Waals surface area contributed by atoms with Gasteiger partial charge in [-0.1, -0.05) is 23.7 Å². The molecule has 3 rings (SSSR count). The first-order valence-corrected chi connectivity index (χ1v) is 8.55. The van der Waals surface area contributed by atoms with Crippen molar-refractivity contribution in [2.75, 3.05) is 39.4 Å². The van der Waals surface area contributed by atoms with Crippen LogP contribution in [-0.4, -0.2) is 44.3 Å². The second-order valence-corrected chi connectivity index (χ2v) is 6.14. The van der Waals surface area contributed by atoms with E-state index < -0.39 is 0 Å². The number of furan rings is 1. The number of benzene rings is 1. The van der Waals surface area contributed by atoms with E-state index in [2.05, 4.69) is 10.2 Å². The topological polar surface area (TPSA) is 37.6 Å². The van der Waals surface area contributed by atoms with Gasteiger partial charge in [-0.05, 0) is 43.8 Å². The summed E-state index contributed by atoms with van der Waals surface area (Å²) in [6.07, 6.45) is 1.14. The Morgan fingerprint density at radius 3 is 2.56 bits per heavy atom. The monoisotopic (exact) mass is 406 g/mol. The van der Waals surface area contributed by atoms with Crippen LogP contribution in [-0.2, 0) is 11.3 Å². The van der Waals surface area contributed by atoms with E-state index in [0.717, 1.165) is 69.4 Å². The molecule has 0 bridgehead atoms. The maximum absolute atomic E-state index is 6.20. The molecule has 0 radical (unpaired) electrons. The van der Waals surface area contributed by atoms with E-state index in [-0.39, 0.29) is 24.8 Å². The molecular weight excluding hydrogens is 383 g/mol. The predicted octanol–water partition coefficient (Wildman–Crippen LogP) is 4.26. The number of halogens is 3. The van der Waals surface area contributed by atoms with Crippen LogP contribution in [0.4, 0.5) is 0 Å². The Hall–Kier alpha value is -0.750. The lowest BCUT2D eigenvalue weighted by Gasteiger charge is -2.26. The van der Waals surface area contributed by atoms with Crippen molar-refractivity contribution in [3.63, 3.8) is 0 Å². The van der Waals surface area contributed by atoms with Crippen LogP contribution in [0.2, 0.25) is 5.02 Å². The first kappa shape index (κ1) is 22.3. The van der Waals surface area contributed by atoms with Gasteiger partial charge in [-0.15, -0.1) is 24.8 Å². The van der Waals surface area contributed by atoms with Gasteiger partial charge in [0.25, 0.3) is 0 Å². The van der Waals surface area contributed by atoms with Gasteiger partial charge >= 0.3 is 0 Å². The van der Waals surface area contributed by atoms with Gasteiger partial charge in [-0.3, -0.25) is 4.90 Å². The Morgan fingerprint density at radius 1 is 1.04 bits per heavy atom. The number of rotatable bonds is 7. The summed E-state index contributed by atoms with van der Waals surface area (Å²) < 4.78 is 11.2. The second kappa shape index (κ2) is 11.8. The van der Waals surface area contributed by atoms with Crippen LogP contribution in [0, 0.1) is 0 Å². The van der Waals surface area contributed by atoms with Crippen LogP contribution in [0.15, 0.2) is 40.8 Å². The number of ether oxygens (including phenoxy) is 1. The summed E-state index contributed by atoms with van der Waals surface area (Å²) in [5.41, 5.74) is 0.938. The predicted molar refractivity (Wildman–Crippen MR) is 107 cm³/mol. The van der Waals surface area contributed by atoms with E-state index >= 15 is 0 Å². The van der Waals surface area contributed by atoms with Crippen LogP contribution in [0.5, 0.6) is 0 Å². The smallest absolute Gasteiger partial charge is 0.135 e. The van der Waals surface area contributed by atoms with Crippen molar-refractivity contribution < 1.29 is 9.15 Å². The Kier molecular flexibility index (Phi) is 10.5. The lowest BCUT2D eigenvalue weighted by Crippen LogP contribution is -2.37. The fourth-order valence-corrected chi connectivity index (χ4v) is 2.97. The molecule has 0 atom stereocenters. The number of nitrogens with one attached hydrogen (secondary N) is 1. The highest BCUT2D eigenvalue weighted by Crippen LogP contribution is 2.28. The third-order valence-corrected chi connectivity index (χ3v) is 4.36. The van der Waals surface area contributed by atoms with Crippen LogP contribution in [0.1, 0.15) is 12.2 Å². The largest absolute Gasteiger partial charge is 0.460 e. The molecule has 140 valence electrons. The number of hydrogen-bond donors (Lipinski definition) is 1. The van der Waals surface area contributed by atoms with E-state index in [1.54, 1.807) is 0 Å². The van der Waals surface area contributed by atoms with Crippen LogP contribution in [0.3, 0.4) is 0 Å². The van der Waals surface area contributed by atoms with Crippen molar-refractivity contribution in [3.8, 4) is 11.3 Å². The fraction of sp³-hybridized carbons (Fsp3) is 0.444. The maximum Gasteiger partial charge on any atom is 0.135 e. The lowest BCUT2D eigenvalue weighted by molar-refractivity contribution is 0.0374. The normalized spacial score (nSPS) is 14.6. The molecule has 0 saturated carbocycles. The minimum absolute atomic E-state index is 0. The molecule has 0 unspecified atom stereocenters. The van der Waals surface area contributed by atoms with E-state index in [0.29, 0.717) is 5.02 Å². The highest BCUT2D eigenvalue weighted by Gasteiger charge is 2.10.